The summed E-state index contributed by atoms with van der Waals surface area (Å²) in [6.45, 7) is 1.63. The normalized spacial score (nSPS) is 22.8. The molecule has 0 fully saturated rings. The predicted octanol–water partition coefficient (Wildman–Crippen LogP) is 1.60. The van der Waals surface area contributed by atoms with Crippen molar-refractivity contribution in [2.75, 3.05) is 0 Å². The van der Waals surface area contributed by atoms with Crippen molar-refractivity contribution >= 4 is 23.5 Å². The number of cyclic esters (lactones) is 1. The zero-order chi connectivity index (χ0) is 11.9. The van der Waals surface area contributed by atoms with Gasteiger partial charge < -0.3 is 9.84 Å². The van der Waals surface area contributed by atoms with Crippen molar-refractivity contribution in [1.29, 1.82) is 0 Å². The van der Waals surface area contributed by atoms with E-state index in [1.165, 1.54) is 12.3 Å². The number of esters is 1. The van der Waals surface area contributed by atoms with Crippen LogP contribution in [0.15, 0.2) is 12.3 Å². The lowest BCUT2D eigenvalue weighted by Gasteiger charge is -2.21. The first-order valence-corrected chi connectivity index (χ1v) is 5.02. The molecule has 0 saturated carbocycles. The van der Waals surface area contributed by atoms with Crippen molar-refractivity contribution in [2.24, 2.45) is 0 Å². The summed E-state index contributed by atoms with van der Waals surface area (Å²) < 4.78 is 4.95. The van der Waals surface area contributed by atoms with Gasteiger partial charge in [0.15, 0.2) is 0 Å². The van der Waals surface area contributed by atoms with Crippen LogP contribution in [0.5, 0.6) is 0 Å². The summed E-state index contributed by atoms with van der Waals surface area (Å²) in [5.74, 6) is -1.94. The molecule has 0 aliphatic carbocycles. The van der Waals surface area contributed by atoms with Crippen molar-refractivity contribution in [3.63, 3.8) is 0 Å². The Morgan fingerprint density at radius 1 is 1.69 bits per heavy atom. The van der Waals surface area contributed by atoms with E-state index < -0.39 is 17.5 Å². The first kappa shape index (κ1) is 10.9. The minimum absolute atomic E-state index is 0.0286. The highest BCUT2D eigenvalue weighted by atomic mass is 35.5. The smallest absolute Gasteiger partial charge is 0.353 e. The van der Waals surface area contributed by atoms with Gasteiger partial charge in [0.2, 0.25) is 5.60 Å². The third-order valence-electron chi connectivity index (χ3n) is 2.65. The van der Waals surface area contributed by atoms with Crippen LogP contribution < -0.4 is 0 Å². The van der Waals surface area contributed by atoms with Gasteiger partial charge in [-0.2, -0.15) is 0 Å². The molecule has 1 atom stereocenters. The van der Waals surface area contributed by atoms with Crippen LogP contribution in [0.25, 0.3) is 0 Å². The summed E-state index contributed by atoms with van der Waals surface area (Å²) in [5.41, 5.74) is -1.31. The number of rotatable bonds is 2. The molecule has 0 aromatic carbocycles. The van der Waals surface area contributed by atoms with E-state index >= 15 is 0 Å². The number of hydrogen-bond donors (Lipinski definition) is 1. The number of pyridine rings is 1. The molecule has 0 spiro atoms. The molecular formula is C10H8ClNO4. The van der Waals surface area contributed by atoms with Gasteiger partial charge in [0.1, 0.15) is 10.7 Å². The van der Waals surface area contributed by atoms with Gasteiger partial charge in [-0.3, -0.25) is 0 Å². The van der Waals surface area contributed by atoms with E-state index in [2.05, 4.69) is 4.98 Å². The minimum atomic E-state index is -1.63. The Morgan fingerprint density at radius 2 is 2.38 bits per heavy atom. The van der Waals surface area contributed by atoms with Gasteiger partial charge >= 0.3 is 11.9 Å². The predicted molar refractivity (Wildman–Crippen MR) is 54.3 cm³/mol. The molecule has 2 rings (SSSR count). The molecule has 0 saturated heterocycles. The second kappa shape index (κ2) is 3.45. The summed E-state index contributed by atoms with van der Waals surface area (Å²) in [6.07, 6.45) is 1.50. The summed E-state index contributed by atoms with van der Waals surface area (Å²) in [4.78, 5) is 26.5. The van der Waals surface area contributed by atoms with E-state index in [1.807, 2.05) is 0 Å². The molecule has 2 heterocycles. The number of ether oxygens (including phenoxy) is 1. The highest BCUT2D eigenvalue weighted by Crippen LogP contribution is 2.41. The standard InChI is InChI=1S/C10H8ClNO4/c1-2-10(9(14)15)5-3-4-12-7(11)6(5)8(13)16-10/h3-4H,2H2,1H3,(H,14,15). The Morgan fingerprint density at radius 3 is 2.94 bits per heavy atom. The second-order valence-corrected chi connectivity index (χ2v) is 3.76. The Labute approximate surface area is 96.0 Å². The highest BCUT2D eigenvalue weighted by Gasteiger charge is 2.51. The maximum absolute atomic E-state index is 11.6. The highest BCUT2D eigenvalue weighted by molar-refractivity contribution is 6.33. The molecule has 16 heavy (non-hydrogen) atoms. The van der Waals surface area contributed by atoms with Gasteiger partial charge in [-0.1, -0.05) is 18.5 Å². The number of fused-ring (bicyclic) bond motifs is 1. The van der Waals surface area contributed by atoms with Crippen LogP contribution in [-0.2, 0) is 15.1 Å². The molecule has 1 aromatic rings. The molecule has 1 aliphatic heterocycles. The zero-order valence-corrected chi connectivity index (χ0v) is 9.11. The molecule has 0 bridgehead atoms. The number of aromatic nitrogens is 1. The van der Waals surface area contributed by atoms with Gasteiger partial charge in [-0.25, -0.2) is 14.6 Å². The van der Waals surface area contributed by atoms with Crippen LogP contribution in [0.2, 0.25) is 5.15 Å². The topological polar surface area (TPSA) is 76.5 Å². The van der Waals surface area contributed by atoms with Crippen LogP contribution in [0, 0.1) is 0 Å². The Kier molecular flexibility index (Phi) is 2.35. The lowest BCUT2D eigenvalue weighted by atomic mass is 9.91. The maximum Gasteiger partial charge on any atom is 0.353 e. The number of carbonyl (C=O) groups excluding carboxylic acids is 1. The Hall–Kier alpha value is -1.62. The number of hydrogen-bond acceptors (Lipinski definition) is 4. The first-order valence-electron chi connectivity index (χ1n) is 4.64. The van der Waals surface area contributed by atoms with Crippen LogP contribution in [0.1, 0.15) is 29.3 Å². The molecule has 6 heteroatoms. The third kappa shape index (κ3) is 1.21. The van der Waals surface area contributed by atoms with Crippen LogP contribution in [-0.4, -0.2) is 22.0 Å². The minimum Gasteiger partial charge on any atom is -0.478 e. The van der Waals surface area contributed by atoms with E-state index in [1.54, 1.807) is 6.92 Å². The lowest BCUT2D eigenvalue weighted by Crippen LogP contribution is -2.35. The quantitative estimate of drug-likeness (QED) is 0.629. The van der Waals surface area contributed by atoms with E-state index in [0.29, 0.717) is 0 Å². The maximum atomic E-state index is 11.6. The van der Waals surface area contributed by atoms with Gasteiger partial charge in [0, 0.05) is 11.8 Å². The molecule has 0 radical (unpaired) electrons. The Balaban J connectivity index is 2.72. The van der Waals surface area contributed by atoms with Crippen molar-refractivity contribution in [3.05, 3.63) is 28.5 Å². The zero-order valence-electron chi connectivity index (χ0n) is 8.36. The van der Waals surface area contributed by atoms with E-state index in [4.69, 9.17) is 16.3 Å². The summed E-state index contributed by atoms with van der Waals surface area (Å²) in [7, 11) is 0. The van der Waals surface area contributed by atoms with Crippen LogP contribution in [0.3, 0.4) is 0 Å². The molecule has 1 aliphatic rings. The molecular weight excluding hydrogens is 234 g/mol. The fourth-order valence-electron chi connectivity index (χ4n) is 1.80. The molecule has 5 nitrogen and oxygen atoms in total. The van der Waals surface area contributed by atoms with E-state index in [0.717, 1.165) is 0 Å². The van der Waals surface area contributed by atoms with Crippen molar-refractivity contribution in [3.8, 4) is 0 Å². The van der Waals surface area contributed by atoms with Gasteiger partial charge in [-0.05, 0) is 12.5 Å². The SMILES string of the molecule is CCC1(C(=O)O)OC(=O)c2c1ccnc2Cl. The number of carbonyl (C=O) groups is 2. The van der Waals surface area contributed by atoms with Crippen LogP contribution >= 0.6 is 11.6 Å². The summed E-state index contributed by atoms with van der Waals surface area (Å²) in [6, 6.07) is 1.45. The average molecular weight is 242 g/mol. The fraction of sp³-hybridized carbons (Fsp3) is 0.300. The number of aliphatic carboxylic acids is 1. The van der Waals surface area contributed by atoms with Crippen molar-refractivity contribution in [2.45, 2.75) is 18.9 Å². The molecule has 84 valence electrons. The van der Waals surface area contributed by atoms with Crippen LogP contribution in [0.4, 0.5) is 0 Å². The number of carboxylic acids is 1. The van der Waals surface area contributed by atoms with Gasteiger partial charge in [0.05, 0.1) is 0 Å². The lowest BCUT2D eigenvalue weighted by molar-refractivity contribution is -0.159. The number of carboxylic acid groups (broad SMARTS) is 1. The molecule has 1 aromatic heterocycles. The third-order valence-corrected chi connectivity index (χ3v) is 2.94. The van der Waals surface area contributed by atoms with Gasteiger partial charge in [0.25, 0.3) is 0 Å². The average Bonchev–Trinajstić information content (AvgIpc) is 2.54. The Bertz CT molecular complexity index is 488. The number of nitrogens with zero attached hydrogens (tertiary/aromatic N) is 1. The van der Waals surface area contributed by atoms with Crippen molar-refractivity contribution in [1.82, 2.24) is 4.98 Å². The van der Waals surface area contributed by atoms with E-state index in [-0.39, 0.29) is 22.7 Å². The van der Waals surface area contributed by atoms with E-state index in [9.17, 15) is 14.7 Å². The van der Waals surface area contributed by atoms with Gasteiger partial charge in [-0.15, -0.1) is 0 Å². The fourth-order valence-corrected chi connectivity index (χ4v) is 2.04. The largest absolute Gasteiger partial charge is 0.478 e. The summed E-state index contributed by atoms with van der Waals surface area (Å²) in [5, 5.41) is 9.15. The molecule has 1 unspecified atom stereocenters. The molecule has 0 amide bonds. The molecule has 1 N–H and O–H groups in total. The van der Waals surface area contributed by atoms with Crippen molar-refractivity contribution < 1.29 is 19.4 Å². The summed E-state index contributed by atoms with van der Waals surface area (Å²) >= 11 is 5.75. The monoisotopic (exact) mass is 241 g/mol. The first-order chi connectivity index (χ1) is 7.53. The second-order valence-electron chi connectivity index (χ2n) is 3.40. The number of halogens is 1.